The summed E-state index contributed by atoms with van der Waals surface area (Å²) in [4.78, 5) is 11.6. The molecule has 16 heavy (non-hydrogen) atoms. The maximum absolute atomic E-state index is 11.6. The molecule has 0 aromatic heterocycles. The van der Waals surface area contributed by atoms with Crippen LogP contribution < -0.4 is 5.32 Å². The number of carbonyl (C=O) groups excluding carboxylic acids is 1. The number of fused-ring (bicyclic) bond motifs is 1. The van der Waals surface area contributed by atoms with E-state index in [0.29, 0.717) is 17.2 Å². The van der Waals surface area contributed by atoms with Crippen LogP contribution >= 0.6 is 11.6 Å². The van der Waals surface area contributed by atoms with Crippen molar-refractivity contribution < 1.29 is 9.53 Å². The Morgan fingerprint density at radius 2 is 2.31 bits per heavy atom. The lowest BCUT2D eigenvalue weighted by Gasteiger charge is -2.00. The van der Waals surface area contributed by atoms with Gasteiger partial charge in [-0.3, -0.25) is 4.79 Å². The number of hydrogen-bond donors (Lipinski definition) is 1. The van der Waals surface area contributed by atoms with Gasteiger partial charge in [-0.25, -0.2) is 0 Å². The summed E-state index contributed by atoms with van der Waals surface area (Å²) in [5.74, 6) is -0.145. The molecule has 0 unspecified atom stereocenters. The molecule has 0 bridgehead atoms. The van der Waals surface area contributed by atoms with E-state index in [9.17, 15) is 4.79 Å². The zero-order valence-electron chi connectivity index (χ0n) is 8.92. The van der Waals surface area contributed by atoms with E-state index in [4.69, 9.17) is 16.3 Å². The van der Waals surface area contributed by atoms with E-state index in [2.05, 4.69) is 5.32 Å². The van der Waals surface area contributed by atoms with Crippen LogP contribution in [-0.4, -0.2) is 12.5 Å². The van der Waals surface area contributed by atoms with Gasteiger partial charge in [0.05, 0.1) is 24.1 Å². The van der Waals surface area contributed by atoms with Crippen molar-refractivity contribution in [3.8, 4) is 0 Å². The highest BCUT2D eigenvalue weighted by Crippen LogP contribution is 2.33. The minimum atomic E-state index is -0.145. The van der Waals surface area contributed by atoms with Crippen molar-refractivity contribution in [2.45, 2.75) is 13.3 Å². The Kier molecular flexibility index (Phi) is 3.15. The average molecular weight is 238 g/mol. The Morgan fingerprint density at radius 1 is 1.50 bits per heavy atom. The van der Waals surface area contributed by atoms with E-state index in [1.165, 1.54) is 6.26 Å². The molecule has 2 rings (SSSR count). The second-order valence-electron chi connectivity index (χ2n) is 3.55. The van der Waals surface area contributed by atoms with Gasteiger partial charge in [0.25, 0.3) is 5.91 Å². The number of carbonyl (C=O) groups is 1. The Bertz CT molecular complexity index is 454. The molecular formula is C12H12ClNO2. The minimum Gasteiger partial charge on any atom is -0.500 e. The van der Waals surface area contributed by atoms with Gasteiger partial charge in [-0.2, -0.15) is 0 Å². The molecule has 1 aromatic rings. The van der Waals surface area contributed by atoms with Gasteiger partial charge in [0.15, 0.2) is 0 Å². The summed E-state index contributed by atoms with van der Waals surface area (Å²) < 4.78 is 5.27. The largest absolute Gasteiger partial charge is 0.500 e. The molecule has 0 aliphatic carbocycles. The fraction of sp³-hybridized carbons (Fsp3) is 0.250. The van der Waals surface area contributed by atoms with Crippen LogP contribution in [-0.2, 0) is 9.53 Å². The molecule has 0 atom stereocenters. The second kappa shape index (κ2) is 4.58. The van der Waals surface area contributed by atoms with E-state index >= 15 is 0 Å². The highest BCUT2D eigenvalue weighted by atomic mass is 35.5. The molecular weight excluding hydrogens is 226 g/mol. The topological polar surface area (TPSA) is 38.3 Å². The maximum Gasteiger partial charge on any atom is 0.259 e. The minimum absolute atomic E-state index is 0.145. The first-order valence-corrected chi connectivity index (χ1v) is 5.53. The first-order valence-electron chi connectivity index (χ1n) is 5.15. The second-order valence-corrected chi connectivity index (χ2v) is 3.98. The first kappa shape index (κ1) is 11.0. The number of halogens is 1. The van der Waals surface area contributed by atoms with Gasteiger partial charge in [-0.1, -0.05) is 24.6 Å². The fourth-order valence-corrected chi connectivity index (χ4v) is 1.72. The molecule has 1 N–H and O–H groups in total. The predicted molar refractivity (Wildman–Crippen MR) is 64.3 cm³/mol. The van der Waals surface area contributed by atoms with E-state index < -0.39 is 0 Å². The van der Waals surface area contributed by atoms with Crippen molar-refractivity contribution >= 4 is 28.8 Å². The summed E-state index contributed by atoms with van der Waals surface area (Å²) in [6.45, 7) is 2.63. The molecule has 1 aliphatic heterocycles. The summed E-state index contributed by atoms with van der Waals surface area (Å²) >= 11 is 5.84. The van der Waals surface area contributed by atoms with E-state index in [1.807, 2.05) is 13.0 Å². The lowest BCUT2D eigenvalue weighted by atomic mass is 10.1. The van der Waals surface area contributed by atoms with Crippen molar-refractivity contribution in [2.24, 2.45) is 0 Å². The molecule has 84 valence electrons. The molecule has 1 aliphatic rings. The van der Waals surface area contributed by atoms with Crippen LogP contribution in [0.5, 0.6) is 0 Å². The smallest absolute Gasteiger partial charge is 0.259 e. The summed E-state index contributed by atoms with van der Waals surface area (Å²) in [7, 11) is 0. The third-order valence-electron chi connectivity index (χ3n) is 2.29. The molecule has 0 saturated heterocycles. The standard InChI is InChI=1S/C12H12ClNO2/c1-2-5-16-7-10-9-4-3-8(13)6-11(9)14-12(10)15/h3-4,6-7H,2,5H2,1H3,(H,14,15)/b10-7+. The van der Waals surface area contributed by atoms with Crippen LogP contribution in [0.4, 0.5) is 5.69 Å². The van der Waals surface area contributed by atoms with Gasteiger partial charge in [-0.05, 0) is 18.6 Å². The van der Waals surface area contributed by atoms with Gasteiger partial charge in [0.1, 0.15) is 0 Å². The fourth-order valence-electron chi connectivity index (χ4n) is 1.54. The average Bonchev–Trinajstić information content (AvgIpc) is 2.55. The molecule has 4 heteroatoms. The van der Waals surface area contributed by atoms with Crippen molar-refractivity contribution in [3.05, 3.63) is 35.0 Å². The van der Waals surface area contributed by atoms with Gasteiger partial charge in [0, 0.05) is 10.6 Å². The molecule has 0 radical (unpaired) electrons. The lowest BCUT2D eigenvalue weighted by molar-refractivity contribution is -0.110. The van der Waals surface area contributed by atoms with Gasteiger partial charge in [0.2, 0.25) is 0 Å². The Labute approximate surface area is 99.1 Å². The highest BCUT2D eigenvalue weighted by Gasteiger charge is 2.24. The zero-order valence-corrected chi connectivity index (χ0v) is 9.67. The van der Waals surface area contributed by atoms with Gasteiger partial charge in [-0.15, -0.1) is 0 Å². The van der Waals surface area contributed by atoms with Crippen molar-refractivity contribution in [1.82, 2.24) is 0 Å². The molecule has 3 nitrogen and oxygen atoms in total. The van der Waals surface area contributed by atoms with E-state index in [-0.39, 0.29) is 5.91 Å². The predicted octanol–water partition coefficient (Wildman–Crippen LogP) is 3.06. The van der Waals surface area contributed by atoms with Crippen LogP contribution in [0.2, 0.25) is 5.02 Å². The zero-order chi connectivity index (χ0) is 11.5. The molecule has 1 heterocycles. The lowest BCUT2D eigenvalue weighted by Crippen LogP contribution is -2.04. The van der Waals surface area contributed by atoms with Crippen LogP contribution in [0.15, 0.2) is 24.5 Å². The number of nitrogens with one attached hydrogen (secondary N) is 1. The third kappa shape index (κ3) is 2.04. The number of anilines is 1. The summed E-state index contributed by atoms with van der Waals surface area (Å²) in [6.07, 6.45) is 2.43. The Morgan fingerprint density at radius 3 is 3.06 bits per heavy atom. The maximum atomic E-state index is 11.6. The van der Waals surface area contributed by atoms with E-state index in [0.717, 1.165) is 17.7 Å². The molecule has 1 amide bonds. The number of ether oxygens (including phenoxy) is 1. The van der Waals surface area contributed by atoms with Gasteiger partial charge < -0.3 is 10.1 Å². The first-order chi connectivity index (χ1) is 7.72. The molecule has 0 saturated carbocycles. The normalized spacial score (nSPS) is 16.1. The third-order valence-corrected chi connectivity index (χ3v) is 2.52. The Balaban J connectivity index is 2.29. The Hall–Kier alpha value is -1.48. The number of amides is 1. The molecule has 0 fully saturated rings. The quantitative estimate of drug-likeness (QED) is 0.499. The van der Waals surface area contributed by atoms with Crippen molar-refractivity contribution in [3.63, 3.8) is 0 Å². The molecule has 0 spiro atoms. The van der Waals surface area contributed by atoms with Crippen molar-refractivity contribution in [2.75, 3.05) is 11.9 Å². The SMILES string of the molecule is CCCO/C=C1/C(=O)Nc2cc(Cl)ccc21. The van der Waals surface area contributed by atoms with Crippen molar-refractivity contribution in [1.29, 1.82) is 0 Å². The number of benzene rings is 1. The summed E-state index contributed by atoms with van der Waals surface area (Å²) in [5.41, 5.74) is 2.13. The monoisotopic (exact) mass is 237 g/mol. The van der Waals surface area contributed by atoms with E-state index in [1.54, 1.807) is 12.1 Å². The van der Waals surface area contributed by atoms with Crippen LogP contribution in [0.25, 0.3) is 5.57 Å². The van der Waals surface area contributed by atoms with Gasteiger partial charge >= 0.3 is 0 Å². The van der Waals surface area contributed by atoms with Crippen LogP contribution in [0.1, 0.15) is 18.9 Å². The highest BCUT2D eigenvalue weighted by molar-refractivity contribution is 6.34. The summed E-state index contributed by atoms with van der Waals surface area (Å²) in [6, 6.07) is 5.31. The number of rotatable bonds is 3. The summed E-state index contributed by atoms with van der Waals surface area (Å²) in [5, 5.41) is 3.35. The molecule has 1 aromatic carbocycles. The van der Waals surface area contributed by atoms with Crippen LogP contribution in [0, 0.1) is 0 Å². The number of hydrogen-bond acceptors (Lipinski definition) is 2. The van der Waals surface area contributed by atoms with Crippen LogP contribution in [0.3, 0.4) is 0 Å².